The maximum atomic E-state index is 12.1. The Labute approximate surface area is 113 Å². The van der Waals surface area contributed by atoms with Gasteiger partial charge in [0.1, 0.15) is 0 Å². The Morgan fingerprint density at radius 1 is 1.39 bits per heavy atom. The van der Waals surface area contributed by atoms with Crippen LogP contribution in [0.3, 0.4) is 0 Å². The molecule has 1 heterocycles. The Balaban J connectivity index is 0.00000162. The van der Waals surface area contributed by atoms with E-state index in [1.54, 1.807) is 29.2 Å². The van der Waals surface area contributed by atoms with Crippen molar-refractivity contribution in [1.29, 1.82) is 5.26 Å². The second-order valence-corrected chi connectivity index (χ2v) is 4.34. The molecular formula is C13H16ClN3O. The number of benzene rings is 1. The SMILES string of the molecule is Cl.N#Cc1ccc(C(=O)N2CCC[C@@H](N)C2)cc1. The molecule has 0 unspecified atom stereocenters. The number of halogens is 1. The van der Waals surface area contributed by atoms with E-state index in [-0.39, 0.29) is 24.4 Å². The zero-order valence-electron chi connectivity index (χ0n) is 10.0. The second-order valence-electron chi connectivity index (χ2n) is 4.34. The molecule has 0 radical (unpaired) electrons. The summed E-state index contributed by atoms with van der Waals surface area (Å²) >= 11 is 0. The van der Waals surface area contributed by atoms with Gasteiger partial charge in [-0.3, -0.25) is 4.79 Å². The smallest absolute Gasteiger partial charge is 0.253 e. The highest BCUT2D eigenvalue weighted by atomic mass is 35.5. The topological polar surface area (TPSA) is 70.1 Å². The Kier molecular flexibility index (Phi) is 5.14. The third kappa shape index (κ3) is 3.22. The molecule has 0 spiro atoms. The lowest BCUT2D eigenvalue weighted by Crippen LogP contribution is -2.45. The van der Waals surface area contributed by atoms with Crippen molar-refractivity contribution in [2.75, 3.05) is 13.1 Å². The number of nitrogens with two attached hydrogens (primary N) is 1. The Bertz CT molecular complexity index is 452. The van der Waals surface area contributed by atoms with Crippen LogP contribution >= 0.6 is 12.4 Å². The van der Waals surface area contributed by atoms with E-state index in [9.17, 15) is 4.79 Å². The van der Waals surface area contributed by atoms with Gasteiger partial charge in [-0.15, -0.1) is 12.4 Å². The number of hydrogen-bond acceptors (Lipinski definition) is 3. The van der Waals surface area contributed by atoms with Crippen LogP contribution in [0.15, 0.2) is 24.3 Å². The lowest BCUT2D eigenvalue weighted by atomic mass is 10.0. The van der Waals surface area contributed by atoms with E-state index in [1.807, 2.05) is 6.07 Å². The maximum absolute atomic E-state index is 12.1. The zero-order chi connectivity index (χ0) is 12.3. The summed E-state index contributed by atoms with van der Waals surface area (Å²) in [6, 6.07) is 8.84. The monoisotopic (exact) mass is 265 g/mol. The normalized spacial score (nSPS) is 18.7. The summed E-state index contributed by atoms with van der Waals surface area (Å²) in [7, 11) is 0. The molecule has 1 amide bonds. The number of carbonyl (C=O) groups is 1. The van der Waals surface area contributed by atoms with Gasteiger partial charge in [0.15, 0.2) is 0 Å². The fraction of sp³-hybridized carbons (Fsp3) is 0.385. The lowest BCUT2D eigenvalue weighted by Gasteiger charge is -2.30. The summed E-state index contributed by atoms with van der Waals surface area (Å²) in [6.07, 6.45) is 1.94. The third-order valence-corrected chi connectivity index (χ3v) is 3.01. The number of nitrogens with zero attached hydrogens (tertiary/aromatic N) is 2. The van der Waals surface area contributed by atoms with E-state index in [0.717, 1.165) is 19.4 Å². The first-order valence-corrected chi connectivity index (χ1v) is 5.75. The first-order valence-electron chi connectivity index (χ1n) is 5.75. The molecule has 1 aromatic carbocycles. The number of rotatable bonds is 1. The van der Waals surface area contributed by atoms with Crippen LogP contribution < -0.4 is 5.73 Å². The first kappa shape index (κ1) is 14.5. The van der Waals surface area contributed by atoms with Crippen molar-refractivity contribution in [3.8, 4) is 6.07 Å². The molecule has 1 saturated heterocycles. The van der Waals surface area contributed by atoms with E-state index in [1.165, 1.54) is 0 Å². The van der Waals surface area contributed by atoms with Crippen molar-refractivity contribution in [1.82, 2.24) is 4.90 Å². The molecule has 5 heteroatoms. The molecule has 2 rings (SSSR count). The molecule has 1 atom stereocenters. The molecule has 1 fully saturated rings. The molecule has 96 valence electrons. The van der Waals surface area contributed by atoms with Gasteiger partial charge in [0.2, 0.25) is 0 Å². The minimum atomic E-state index is 0. The largest absolute Gasteiger partial charge is 0.337 e. The molecule has 4 nitrogen and oxygen atoms in total. The summed E-state index contributed by atoms with van der Waals surface area (Å²) in [4.78, 5) is 13.9. The first-order chi connectivity index (χ1) is 8.20. The molecule has 0 aliphatic carbocycles. The summed E-state index contributed by atoms with van der Waals surface area (Å²) in [5.41, 5.74) is 7.04. The van der Waals surface area contributed by atoms with Crippen LogP contribution in [-0.4, -0.2) is 29.9 Å². The second kappa shape index (κ2) is 6.39. The van der Waals surface area contributed by atoms with E-state index < -0.39 is 0 Å². The number of likely N-dealkylation sites (tertiary alicyclic amines) is 1. The summed E-state index contributed by atoms with van der Waals surface area (Å²) in [5, 5.41) is 8.69. The van der Waals surface area contributed by atoms with Crippen LogP contribution in [0.4, 0.5) is 0 Å². The molecule has 1 aliphatic rings. The average molecular weight is 266 g/mol. The van der Waals surface area contributed by atoms with Crippen molar-refractivity contribution >= 4 is 18.3 Å². The minimum absolute atomic E-state index is 0. The van der Waals surface area contributed by atoms with Gasteiger partial charge in [0.05, 0.1) is 11.6 Å². The van der Waals surface area contributed by atoms with Crippen LogP contribution in [0.5, 0.6) is 0 Å². The lowest BCUT2D eigenvalue weighted by molar-refractivity contribution is 0.0709. The van der Waals surface area contributed by atoms with Crippen LogP contribution in [0, 0.1) is 11.3 Å². The predicted octanol–water partition coefficient (Wildman–Crippen LogP) is 1.54. The maximum Gasteiger partial charge on any atom is 0.253 e. The fourth-order valence-corrected chi connectivity index (χ4v) is 2.06. The Morgan fingerprint density at radius 3 is 2.61 bits per heavy atom. The zero-order valence-corrected chi connectivity index (χ0v) is 10.8. The quantitative estimate of drug-likeness (QED) is 0.837. The van der Waals surface area contributed by atoms with Crippen LogP contribution in [0.1, 0.15) is 28.8 Å². The summed E-state index contributed by atoms with van der Waals surface area (Å²) in [6.45, 7) is 1.39. The van der Waals surface area contributed by atoms with Crippen LogP contribution in [-0.2, 0) is 0 Å². The van der Waals surface area contributed by atoms with Crippen molar-refractivity contribution in [3.63, 3.8) is 0 Å². The Hall–Kier alpha value is -1.57. The highest BCUT2D eigenvalue weighted by Crippen LogP contribution is 2.13. The number of nitriles is 1. The van der Waals surface area contributed by atoms with Crippen molar-refractivity contribution in [3.05, 3.63) is 35.4 Å². The van der Waals surface area contributed by atoms with Crippen LogP contribution in [0.25, 0.3) is 0 Å². The van der Waals surface area contributed by atoms with E-state index >= 15 is 0 Å². The summed E-state index contributed by atoms with van der Waals surface area (Å²) in [5.74, 6) is 0.00430. The van der Waals surface area contributed by atoms with Gasteiger partial charge in [-0.2, -0.15) is 5.26 Å². The standard InChI is InChI=1S/C13H15N3O.ClH/c14-8-10-3-5-11(6-4-10)13(17)16-7-1-2-12(15)9-16;/h3-6,12H,1-2,7,9,15H2;1H/t12-;/m1./s1. The van der Waals surface area contributed by atoms with Gasteiger partial charge in [-0.1, -0.05) is 0 Å². The van der Waals surface area contributed by atoms with Gasteiger partial charge in [0.25, 0.3) is 5.91 Å². The molecule has 0 aromatic heterocycles. The van der Waals surface area contributed by atoms with Crippen molar-refractivity contribution in [2.24, 2.45) is 5.73 Å². The average Bonchev–Trinajstić information content (AvgIpc) is 2.38. The molecular weight excluding hydrogens is 250 g/mol. The number of piperidine rings is 1. The Morgan fingerprint density at radius 2 is 2.06 bits per heavy atom. The van der Waals surface area contributed by atoms with Crippen LogP contribution in [0.2, 0.25) is 0 Å². The number of carbonyl (C=O) groups excluding carboxylic acids is 1. The van der Waals surface area contributed by atoms with Crippen molar-refractivity contribution < 1.29 is 4.79 Å². The van der Waals surface area contributed by atoms with Gasteiger partial charge < -0.3 is 10.6 Å². The van der Waals surface area contributed by atoms with E-state index in [4.69, 9.17) is 11.0 Å². The van der Waals surface area contributed by atoms with Gasteiger partial charge in [0, 0.05) is 24.7 Å². The van der Waals surface area contributed by atoms with Gasteiger partial charge in [-0.25, -0.2) is 0 Å². The molecule has 0 saturated carbocycles. The van der Waals surface area contributed by atoms with E-state index in [2.05, 4.69) is 0 Å². The number of amides is 1. The third-order valence-electron chi connectivity index (χ3n) is 3.01. The van der Waals surface area contributed by atoms with Crippen molar-refractivity contribution in [2.45, 2.75) is 18.9 Å². The van der Waals surface area contributed by atoms with E-state index in [0.29, 0.717) is 17.7 Å². The molecule has 1 aliphatic heterocycles. The summed E-state index contributed by atoms with van der Waals surface area (Å²) < 4.78 is 0. The highest BCUT2D eigenvalue weighted by Gasteiger charge is 2.21. The molecule has 1 aromatic rings. The minimum Gasteiger partial charge on any atom is -0.337 e. The highest BCUT2D eigenvalue weighted by molar-refractivity contribution is 5.94. The molecule has 0 bridgehead atoms. The van der Waals surface area contributed by atoms with Gasteiger partial charge in [-0.05, 0) is 37.1 Å². The predicted molar refractivity (Wildman–Crippen MR) is 71.5 cm³/mol. The molecule has 18 heavy (non-hydrogen) atoms. The fourth-order valence-electron chi connectivity index (χ4n) is 2.06. The van der Waals surface area contributed by atoms with Gasteiger partial charge >= 0.3 is 0 Å². The molecule has 2 N–H and O–H groups in total. The number of hydrogen-bond donors (Lipinski definition) is 1.